The van der Waals surface area contributed by atoms with Gasteiger partial charge in [-0.25, -0.2) is 9.97 Å². The molecule has 2 rings (SSSR count). The lowest BCUT2D eigenvalue weighted by atomic mass is 10.3. The minimum absolute atomic E-state index is 0.226. The van der Waals surface area contributed by atoms with Gasteiger partial charge >= 0.3 is 6.18 Å². The molecule has 0 amide bonds. The summed E-state index contributed by atoms with van der Waals surface area (Å²) in [7, 11) is 0. The quantitative estimate of drug-likeness (QED) is 0.848. The molecule has 1 saturated carbocycles. The first-order valence-electron chi connectivity index (χ1n) is 5.70. The molecule has 1 fully saturated rings. The second-order valence-electron chi connectivity index (χ2n) is 4.27. The third-order valence-corrected chi connectivity index (χ3v) is 2.43. The van der Waals surface area contributed by atoms with E-state index in [0.717, 1.165) is 5.56 Å². The molecule has 4 nitrogen and oxygen atoms in total. The van der Waals surface area contributed by atoms with Crippen molar-refractivity contribution in [2.24, 2.45) is 0 Å². The Bertz CT molecular complexity index is 376. The van der Waals surface area contributed by atoms with E-state index < -0.39 is 12.8 Å². The van der Waals surface area contributed by atoms with E-state index in [1.165, 1.54) is 12.8 Å². The van der Waals surface area contributed by atoms with Crippen molar-refractivity contribution in [1.29, 1.82) is 0 Å². The zero-order valence-corrected chi connectivity index (χ0v) is 9.70. The van der Waals surface area contributed by atoms with Crippen LogP contribution in [0.2, 0.25) is 0 Å². The van der Waals surface area contributed by atoms with E-state index in [-0.39, 0.29) is 12.4 Å². The number of nitrogens with one attached hydrogen (secondary N) is 1. The van der Waals surface area contributed by atoms with Gasteiger partial charge in [-0.2, -0.15) is 13.2 Å². The fraction of sp³-hybridized carbons (Fsp3) is 0.636. The van der Waals surface area contributed by atoms with E-state index in [9.17, 15) is 13.2 Å². The first kappa shape index (κ1) is 13.2. The maximum Gasteiger partial charge on any atom is 0.411 e. The van der Waals surface area contributed by atoms with Gasteiger partial charge in [-0.3, -0.25) is 0 Å². The fourth-order valence-corrected chi connectivity index (χ4v) is 1.36. The Kier molecular flexibility index (Phi) is 4.13. The molecule has 7 heteroatoms. The predicted molar refractivity (Wildman–Crippen MR) is 57.6 cm³/mol. The molecule has 0 aliphatic heterocycles. The summed E-state index contributed by atoms with van der Waals surface area (Å²) >= 11 is 0. The summed E-state index contributed by atoms with van der Waals surface area (Å²) in [5, 5.41) is 3.30. The van der Waals surface area contributed by atoms with Gasteiger partial charge in [0.25, 0.3) is 0 Å². The molecule has 0 aromatic carbocycles. The second kappa shape index (κ2) is 5.62. The van der Waals surface area contributed by atoms with Gasteiger partial charge in [-0.1, -0.05) is 0 Å². The summed E-state index contributed by atoms with van der Waals surface area (Å²) in [6.45, 7) is -0.814. The van der Waals surface area contributed by atoms with Crippen LogP contribution in [0.5, 0.6) is 0 Å². The summed E-state index contributed by atoms with van der Waals surface area (Å²) in [5.41, 5.74) is 0.918. The third-order valence-electron chi connectivity index (χ3n) is 2.43. The SMILES string of the molecule is FC(F)(F)COCc1ncc(CNC2CC2)cn1. The van der Waals surface area contributed by atoms with Crippen LogP contribution in [0.15, 0.2) is 12.4 Å². The Morgan fingerprint density at radius 1 is 1.28 bits per heavy atom. The van der Waals surface area contributed by atoms with Gasteiger partial charge in [0.15, 0.2) is 5.82 Å². The number of alkyl halides is 3. The highest BCUT2D eigenvalue weighted by Crippen LogP contribution is 2.19. The summed E-state index contributed by atoms with van der Waals surface area (Å²) < 4.78 is 40.0. The van der Waals surface area contributed by atoms with Gasteiger partial charge in [-0.15, -0.1) is 0 Å². The van der Waals surface area contributed by atoms with Crippen molar-refractivity contribution >= 4 is 0 Å². The van der Waals surface area contributed by atoms with E-state index in [1.54, 1.807) is 12.4 Å². The average Bonchev–Trinajstić information content (AvgIpc) is 3.10. The maximum atomic E-state index is 11.8. The number of hydrogen-bond donors (Lipinski definition) is 1. The van der Waals surface area contributed by atoms with Crippen LogP contribution in [-0.4, -0.2) is 28.8 Å². The smallest absolute Gasteiger partial charge is 0.364 e. The summed E-state index contributed by atoms with van der Waals surface area (Å²) in [5.74, 6) is 0.259. The standard InChI is InChI=1S/C11H14F3N3O/c12-11(13,14)7-18-6-10-16-4-8(5-17-10)3-15-9-1-2-9/h4-5,9,15H,1-3,6-7H2. The molecule has 0 saturated heterocycles. The maximum absolute atomic E-state index is 11.8. The van der Waals surface area contributed by atoms with Crippen LogP contribution in [-0.2, 0) is 17.9 Å². The normalized spacial score (nSPS) is 15.9. The monoisotopic (exact) mass is 261 g/mol. The van der Waals surface area contributed by atoms with Crippen LogP contribution in [0.1, 0.15) is 24.2 Å². The number of halogens is 3. The number of nitrogens with zero attached hydrogens (tertiary/aromatic N) is 2. The van der Waals surface area contributed by atoms with Gasteiger partial charge < -0.3 is 10.1 Å². The molecule has 0 radical (unpaired) electrons. The molecule has 0 bridgehead atoms. The van der Waals surface area contributed by atoms with Gasteiger partial charge in [-0.05, 0) is 12.8 Å². The second-order valence-corrected chi connectivity index (χ2v) is 4.27. The van der Waals surface area contributed by atoms with E-state index in [0.29, 0.717) is 12.6 Å². The van der Waals surface area contributed by atoms with Gasteiger partial charge in [0.1, 0.15) is 13.2 Å². The van der Waals surface area contributed by atoms with Crippen molar-refractivity contribution < 1.29 is 17.9 Å². The minimum Gasteiger partial charge on any atom is -0.364 e. The van der Waals surface area contributed by atoms with Crippen LogP contribution < -0.4 is 5.32 Å². The molecule has 1 heterocycles. The van der Waals surface area contributed by atoms with Crippen molar-refractivity contribution in [3.8, 4) is 0 Å². The topological polar surface area (TPSA) is 47.0 Å². The van der Waals surface area contributed by atoms with Gasteiger partial charge in [0.2, 0.25) is 0 Å². The lowest BCUT2D eigenvalue weighted by Gasteiger charge is -2.07. The molecule has 0 atom stereocenters. The van der Waals surface area contributed by atoms with Crippen LogP contribution in [0, 0.1) is 0 Å². The molecule has 1 aromatic rings. The minimum atomic E-state index is -4.31. The first-order chi connectivity index (χ1) is 8.53. The predicted octanol–water partition coefficient (Wildman–Crippen LogP) is 1.81. The molecule has 0 unspecified atom stereocenters. The van der Waals surface area contributed by atoms with E-state index in [1.807, 2.05) is 0 Å². The lowest BCUT2D eigenvalue weighted by Crippen LogP contribution is -2.18. The van der Waals surface area contributed by atoms with Gasteiger partial charge in [0, 0.05) is 30.5 Å². The van der Waals surface area contributed by atoms with Crippen molar-refractivity contribution in [3.63, 3.8) is 0 Å². The Balaban J connectivity index is 1.72. The summed E-state index contributed by atoms with van der Waals surface area (Å²) in [6.07, 6.45) is 1.30. The zero-order valence-electron chi connectivity index (χ0n) is 9.70. The lowest BCUT2D eigenvalue weighted by molar-refractivity contribution is -0.177. The molecule has 1 N–H and O–H groups in total. The van der Waals surface area contributed by atoms with E-state index in [2.05, 4.69) is 20.0 Å². The number of aromatic nitrogens is 2. The molecular formula is C11H14F3N3O. The number of hydrogen-bond acceptors (Lipinski definition) is 4. The van der Waals surface area contributed by atoms with Crippen molar-refractivity contribution in [1.82, 2.24) is 15.3 Å². The van der Waals surface area contributed by atoms with Gasteiger partial charge in [0.05, 0.1) is 0 Å². The van der Waals surface area contributed by atoms with Crippen molar-refractivity contribution in [2.45, 2.75) is 38.2 Å². The van der Waals surface area contributed by atoms with E-state index >= 15 is 0 Å². The molecule has 1 aliphatic rings. The Labute approximate surface area is 103 Å². The fourth-order valence-electron chi connectivity index (χ4n) is 1.36. The van der Waals surface area contributed by atoms with Crippen LogP contribution in [0.4, 0.5) is 13.2 Å². The van der Waals surface area contributed by atoms with Crippen LogP contribution in [0.25, 0.3) is 0 Å². The largest absolute Gasteiger partial charge is 0.411 e. The molecule has 1 aliphatic carbocycles. The van der Waals surface area contributed by atoms with Crippen molar-refractivity contribution in [2.75, 3.05) is 6.61 Å². The Morgan fingerprint density at radius 2 is 1.94 bits per heavy atom. The number of ether oxygens (including phenoxy) is 1. The summed E-state index contributed by atoms with van der Waals surface area (Å²) in [4.78, 5) is 7.91. The Morgan fingerprint density at radius 3 is 2.50 bits per heavy atom. The third kappa shape index (κ3) is 4.97. The zero-order chi connectivity index (χ0) is 13.0. The highest BCUT2D eigenvalue weighted by Gasteiger charge is 2.27. The van der Waals surface area contributed by atoms with Crippen LogP contribution in [0.3, 0.4) is 0 Å². The van der Waals surface area contributed by atoms with Crippen molar-refractivity contribution in [3.05, 3.63) is 23.8 Å². The molecule has 0 spiro atoms. The highest BCUT2D eigenvalue weighted by molar-refractivity contribution is 5.05. The highest BCUT2D eigenvalue weighted by atomic mass is 19.4. The molecular weight excluding hydrogens is 247 g/mol. The molecule has 18 heavy (non-hydrogen) atoms. The number of rotatable bonds is 6. The van der Waals surface area contributed by atoms with E-state index in [4.69, 9.17) is 0 Å². The average molecular weight is 261 g/mol. The first-order valence-corrected chi connectivity index (χ1v) is 5.70. The summed E-state index contributed by atoms with van der Waals surface area (Å²) in [6, 6.07) is 0.597. The molecule has 1 aromatic heterocycles. The Hall–Kier alpha value is -1.21. The van der Waals surface area contributed by atoms with Crippen LogP contribution >= 0.6 is 0 Å². The molecule has 100 valence electrons.